The van der Waals surface area contributed by atoms with Gasteiger partial charge in [-0.2, -0.15) is 4.98 Å². The van der Waals surface area contributed by atoms with Gasteiger partial charge in [0.25, 0.3) is 5.88 Å². The van der Waals surface area contributed by atoms with E-state index in [4.69, 9.17) is 4.42 Å². The molecular weight excluding hydrogens is 333 g/mol. The average Bonchev–Trinajstić information content (AvgIpc) is 3.01. The molecule has 9 heteroatoms. The van der Waals surface area contributed by atoms with Crippen molar-refractivity contribution >= 4 is 17.8 Å². The van der Waals surface area contributed by atoms with Gasteiger partial charge in [0.15, 0.2) is 0 Å². The van der Waals surface area contributed by atoms with Crippen LogP contribution >= 0.6 is 0 Å². The second-order valence-corrected chi connectivity index (χ2v) is 4.90. The topological polar surface area (TPSA) is 122 Å². The number of nitrogens with one attached hydrogen (secondary N) is 1. The van der Waals surface area contributed by atoms with Crippen molar-refractivity contribution in [2.45, 2.75) is 0 Å². The fraction of sp³-hybridized carbons (Fsp3) is 0. The van der Waals surface area contributed by atoms with Crippen molar-refractivity contribution in [3.63, 3.8) is 0 Å². The molecular formula is C16H10FN3O5. The van der Waals surface area contributed by atoms with Crippen LogP contribution in [0.4, 0.5) is 10.1 Å². The van der Waals surface area contributed by atoms with Gasteiger partial charge in [0.1, 0.15) is 23.2 Å². The Morgan fingerprint density at radius 3 is 2.68 bits per heavy atom. The summed E-state index contributed by atoms with van der Waals surface area (Å²) in [6, 6.07) is 9.25. The van der Waals surface area contributed by atoms with E-state index in [0.29, 0.717) is 17.1 Å². The second-order valence-electron chi connectivity index (χ2n) is 4.90. The molecule has 0 aliphatic heterocycles. The van der Waals surface area contributed by atoms with Crippen molar-refractivity contribution in [3.8, 4) is 17.2 Å². The Bertz CT molecular complexity index is 1040. The lowest BCUT2D eigenvalue weighted by Gasteiger charge is -1.98. The monoisotopic (exact) mass is 343 g/mol. The first-order chi connectivity index (χ1) is 12.0. The van der Waals surface area contributed by atoms with Crippen LogP contribution in [0.15, 0.2) is 45.6 Å². The van der Waals surface area contributed by atoms with Crippen molar-refractivity contribution in [1.82, 2.24) is 9.97 Å². The Morgan fingerprint density at radius 2 is 2.00 bits per heavy atom. The first-order valence-electron chi connectivity index (χ1n) is 6.96. The van der Waals surface area contributed by atoms with Crippen LogP contribution in [-0.2, 0) is 0 Å². The van der Waals surface area contributed by atoms with Gasteiger partial charge in [-0.3, -0.25) is 14.9 Å². The highest BCUT2D eigenvalue weighted by molar-refractivity contribution is 5.67. The quantitative estimate of drug-likeness (QED) is 0.555. The van der Waals surface area contributed by atoms with E-state index in [-0.39, 0.29) is 5.82 Å². The highest BCUT2D eigenvalue weighted by Crippen LogP contribution is 2.25. The van der Waals surface area contributed by atoms with Gasteiger partial charge in [-0.05, 0) is 36.4 Å². The summed E-state index contributed by atoms with van der Waals surface area (Å²) in [4.78, 5) is 26.8. The predicted octanol–water partition coefficient (Wildman–Crippen LogP) is 2.95. The van der Waals surface area contributed by atoms with Crippen LogP contribution in [0, 0.1) is 15.9 Å². The summed E-state index contributed by atoms with van der Waals surface area (Å²) in [5.74, 6) is -0.875. The normalized spacial score (nSPS) is 11.1. The standard InChI is InChI=1S/C16H10FN3O5/c17-11-4-2-1-3-10(11)12-7-5-9(25-12)6-8-13-18-15(21)14(20(23)24)16(22)19-13/h1-8H,(H2,18,19,21,22)/b8-6+. The second kappa shape index (κ2) is 6.40. The summed E-state index contributed by atoms with van der Waals surface area (Å²) in [6.45, 7) is 0. The number of halogens is 1. The molecule has 0 bridgehead atoms. The third kappa shape index (κ3) is 3.29. The van der Waals surface area contributed by atoms with Crippen LogP contribution in [0.25, 0.3) is 23.5 Å². The number of furan rings is 1. The summed E-state index contributed by atoms with van der Waals surface area (Å²) in [5.41, 5.74) is -1.82. The van der Waals surface area contributed by atoms with Crippen LogP contribution in [0.3, 0.4) is 0 Å². The zero-order valence-corrected chi connectivity index (χ0v) is 12.5. The molecule has 3 rings (SSSR count). The van der Waals surface area contributed by atoms with Gasteiger partial charge in [-0.15, -0.1) is 0 Å². The van der Waals surface area contributed by atoms with Crippen molar-refractivity contribution in [2.24, 2.45) is 0 Å². The van der Waals surface area contributed by atoms with Crippen molar-refractivity contribution in [3.05, 3.63) is 74.3 Å². The zero-order valence-electron chi connectivity index (χ0n) is 12.5. The molecule has 0 saturated carbocycles. The maximum atomic E-state index is 13.7. The highest BCUT2D eigenvalue weighted by Gasteiger charge is 2.21. The summed E-state index contributed by atoms with van der Waals surface area (Å²) in [5, 5.41) is 20.1. The average molecular weight is 343 g/mol. The molecule has 0 fully saturated rings. The Morgan fingerprint density at radius 1 is 1.24 bits per heavy atom. The van der Waals surface area contributed by atoms with E-state index in [2.05, 4.69) is 9.97 Å². The minimum absolute atomic E-state index is 0.100. The van der Waals surface area contributed by atoms with Crippen molar-refractivity contribution in [1.29, 1.82) is 0 Å². The van der Waals surface area contributed by atoms with E-state index in [1.54, 1.807) is 30.3 Å². The van der Waals surface area contributed by atoms with Crippen LogP contribution in [0.2, 0.25) is 0 Å². The van der Waals surface area contributed by atoms with Gasteiger partial charge in [-0.25, -0.2) is 4.39 Å². The highest BCUT2D eigenvalue weighted by atomic mass is 19.1. The molecule has 0 aliphatic rings. The molecule has 0 amide bonds. The van der Waals surface area contributed by atoms with E-state index >= 15 is 0 Å². The molecule has 0 spiro atoms. The molecule has 2 aromatic heterocycles. The lowest BCUT2D eigenvalue weighted by Crippen LogP contribution is -2.14. The molecule has 8 nitrogen and oxygen atoms in total. The smallest absolute Gasteiger partial charge is 0.395 e. The fourth-order valence-electron chi connectivity index (χ4n) is 2.12. The number of aromatic amines is 1. The summed E-state index contributed by atoms with van der Waals surface area (Å²) in [6.07, 6.45) is 2.70. The van der Waals surface area contributed by atoms with Gasteiger partial charge in [0, 0.05) is 0 Å². The summed E-state index contributed by atoms with van der Waals surface area (Å²) < 4.78 is 19.2. The van der Waals surface area contributed by atoms with E-state index in [9.17, 15) is 24.4 Å². The number of hydrogen-bond acceptors (Lipinski definition) is 6. The molecule has 2 heterocycles. The number of aromatic nitrogens is 2. The van der Waals surface area contributed by atoms with Crippen molar-refractivity contribution < 1.29 is 18.8 Å². The Kier molecular flexibility index (Phi) is 4.12. The van der Waals surface area contributed by atoms with E-state index in [0.717, 1.165) is 0 Å². The van der Waals surface area contributed by atoms with Gasteiger partial charge in [-0.1, -0.05) is 12.1 Å². The van der Waals surface area contributed by atoms with Crippen LogP contribution < -0.4 is 5.56 Å². The number of rotatable bonds is 4. The SMILES string of the molecule is O=c1[nH]c(/C=C/c2ccc(-c3ccccc3F)o2)nc(O)c1[N+](=O)[O-]. The van der Waals surface area contributed by atoms with Crippen LogP contribution in [0.1, 0.15) is 11.6 Å². The lowest BCUT2D eigenvalue weighted by atomic mass is 10.1. The maximum Gasteiger partial charge on any atom is 0.395 e. The lowest BCUT2D eigenvalue weighted by molar-refractivity contribution is -0.387. The van der Waals surface area contributed by atoms with E-state index < -0.39 is 27.9 Å². The number of aromatic hydroxyl groups is 1. The van der Waals surface area contributed by atoms with Gasteiger partial charge in [0.2, 0.25) is 0 Å². The number of nitro groups is 1. The Balaban J connectivity index is 1.88. The molecule has 3 aromatic rings. The molecule has 0 unspecified atom stereocenters. The van der Waals surface area contributed by atoms with Gasteiger partial charge in [0.05, 0.1) is 10.5 Å². The molecule has 0 radical (unpaired) electrons. The Labute approximate surface area is 139 Å². The minimum Gasteiger partial charge on any atom is -0.488 e. The van der Waals surface area contributed by atoms with Crippen molar-refractivity contribution in [2.75, 3.05) is 0 Å². The van der Waals surface area contributed by atoms with Gasteiger partial charge < -0.3 is 14.5 Å². The van der Waals surface area contributed by atoms with Crippen LogP contribution in [0.5, 0.6) is 5.88 Å². The fourth-order valence-corrected chi connectivity index (χ4v) is 2.12. The van der Waals surface area contributed by atoms with Gasteiger partial charge >= 0.3 is 11.2 Å². The van der Waals surface area contributed by atoms with E-state index in [1.165, 1.54) is 18.2 Å². The maximum absolute atomic E-state index is 13.7. The molecule has 0 saturated heterocycles. The zero-order chi connectivity index (χ0) is 18.0. The molecule has 25 heavy (non-hydrogen) atoms. The molecule has 0 atom stereocenters. The third-order valence-electron chi connectivity index (χ3n) is 3.25. The number of hydrogen-bond donors (Lipinski definition) is 2. The van der Waals surface area contributed by atoms with Crippen LogP contribution in [-0.4, -0.2) is 20.0 Å². The molecule has 2 N–H and O–H groups in total. The summed E-state index contributed by atoms with van der Waals surface area (Å²) in [7, 11) is 0. The predicted molar refractivity (Wildman–Crippen MR) is 86.2 cm³/mol. The largest absolute Gasteiger partial charge is 0.488 e. The summed E-state index contributed by atoms with van der Waals surface area (Å²) >= 11 is 0. The first kappa shape index (κ1) is 16.1. The minimum atomic E-state index is -1.08. The molecule has 126 valence electrons. The van der Waals surface area contributed by atoms with E-state index in [1.807, 2.05) is 0 Å². The molecule has 1 aromatic carbocycles. The number of benzene rings is 1. The number of H-pyrrole nitrogens is 1. The first-order valence-corrected chi connectivity index (χ1v) is 6.96. The third-order valence-corrected chi connectivity index (χ3v) is 3.25. The number of nitrogens with zero attached hydrogens (tertiary/aromatic N) is 2. The Hall–Kier alpha value is -3.75. The molecule has 0 aliphatic carbocycles.